The molecule has 1 aliphatic heterocycles. The Balaban J connectivity index is 1.75. The smallest absolute Gasteiger partial charge is 0.254 e. The normalized spacial score (nSPS) is 21.5. The summed E-state index contributed by atoms with van der Waals surface area (Å²) in [5.41, 5.74) is 1.78. The lowest BCUT2D eigenvalue weighted by atomic mass is 10.00. The number of amides is 1. The van der Waals surface area contributed by atoms with Crippen LogP contribution in [0.5, 0.6) is 0 Å². The van der Waals surface area contributed by atoms with Gasteiger partial charge in [0.15, 0.2) is 0 Å². The van der Waals surface area contributed by atoms with Crippen LogP contribution in [-0.2, 0) is 6.54 Å². The number of likely N-dealkylation sites (N-methyl/N-ethyl adjacent to an activating group) is 1. The first kappa shape index (κ1) is 16.0. The van der Waals surface area contributed by atoms with Crippen LogP contribution in [0.4, 0.5) is 0 Å². The molecule has 5 nitrogen and oxygen atoms in total. The Morgan fingerprint density at radius 2 is 2.13 bits per heavy atom. The summed E-state index contributed by atoms with van der Waals surface area (Å²) in [6, 6.07) is 8.10. The predicted octanol–water partition coefficient (Wildman–Crippen LogP) is 2.73. The van der Waals surface area contributed by atoms with Gasteiger partial charge in [-0.15, -0.1) is 0 Å². The van der Waals surface area contributed by atoms with Crippen LogP contribution in [-0.4, -0.2) is 40.2 Å². The zero-order chi connectivity index (χ0) is 16.4. The molecule has 1 aliphatic rings. The molecule has 0 aliphatic carbocycles. The highest BCUT2D eigenvalue weighted by Crippen LogP contribution is 2.31. The van der Waals surface area contributed by atoms with Gasteiger partial charge in [-0.1, -0.05) is 23.7 Å². The van der Waals surface area contributed by atoms with Crippen molar-refractivity contribution in [1.82, 2.24) is 20.0 Å². The fourth-order valence-corrected chi connectivity index (χ4v) is 3.28. The van der Waals surface area contributed by atoms with Crippen molar-refractivity contribution in [3.63, 3.8) is 0 Å². The zero-order valence-corrected chi connectivity index (χ0v) is 14.1. The first-order chi connectivity index (χ1) is 11.1. The van der Waals surface area contributed by atoms with Crippen molar-refractivity contribution in [3.8, 4) is 0 Å². The summed E-state index contributed by atoms with van der Waals surface area (Å²) in [4.78, 5) is 14.7. The van der Waals surface area contributed by atoms with E-state index >= 15 is 0 Å². The lowest BCUT2D eigenvalue weighted by Crippen LogP contribution is -2.38. The van der Waals surface area contributed by atoms with Crippen LogP contribution in [0.15, 0.2) is 36.7 Å². The minimum Gasteiger partial charge on any atom is -0.347 e. The van der Waals surface area contributed by atoms with E-state index < -0.39 is 0 Å². The maximum Gasteiger partial charge on any atom is 0.254 e. The number of nitrogens with zero attached hydrogens (tertiary/aromatic N) is 3. The first-order valence-electron chi connectivity index (χ1n) is 7.87. The third kappa shape index (κ3) is 3.41. The van der Waals surface area contributed by atoms with Crippen molar-refractivity contribution in [2.75, 3.05) is 13.6 Å². The molecule has 1 N–H and O–H groups in total. The number of nitrogens with one attached hydrogen (secondary N) is 1. The van der Waals surface area contributed by atoms with Gasteiger partial charge in [0.1, 0.15) is 0 Å². The van der Waals surface area contributed by atoms with E-state index in [9.17, 15) is 4.79 Å². The molecule has 2 aromatic rings. The summed E-state index contributed by atoms with van der Waals surface area (Å²) in [7, 11) is 2.08. The zero-order valence-electron chi connectivity index (χ0n) is 13.4. The fraction of sp³-hybridized carbons (Fsp3) is 0.412. The molecule has 0 unspecified atom stereocenters. The Bertz CT molecular complexity index is 682. The highest BCUT2D eigenvalue weighted by Gasteiger charge is 2.34. The van der Waals surface area contributed by atoms with Gasteiger partial charge in [-0.25, -0.2) is 0 Å². The van der Waals surface area contributed by atoms with Gasteiger partial charge in [0, 0.05) is 24.3 Å². The van der Waals surface area contributed by atoms with E-state index in [1.807, 2.05) is 31.2 Å². The van der Waals surface area contributed by atoms with Crippen LogP contribution in [0.1, 0.15) is 35.3 Å². The van der Waals surface area contributed by atoms with E-state index in [0.717, 1.165) is 24.5 Å². The summed E-state index contributed by atoms with van der Waals surface area (Å²) < 4.78 is 1.76. The van der Waals surface area contributed by atoms with Crippen molar-refractivity contribution in [1.29, 1.82) is 0 Å². The molecule has 1 saturated heterocycles. The van der Waals surface area contributed by atoms with Crippen molar-refractivity contribution in [3.05, 3.63) is 52.8 Å². The van der Waals surface area contributed by atoms with Crippen LogP contribution in [0.25, 0.3) is 0 Å². The Hall–Kier alpha value is -1.85. The average Bonchev–Trinajstić information content (AvgIpc) is 3.16. The van der Waals surface area contributed by atoms with Crippen molar-refractivity contribution >= 4 is 17.5 Å². The number of hydrogen-bond acceptors (Lipinski definition) is 3. The van der Waals surface area contributed by atoms with E-state index in [1.165, 1.54) is 5.56 Å². The molecule has 1 fully saturated rings. The van der Waals surface area contributed by atoms with Gasteiger partial charge in [0.05, 0.1) is 23.8 Å². The van der Waals surface area contributed by atoms with Crippen molar-refractivity contribution < 1.29 is 4.79 Å². The van der Waals surface area contributed by atoms with E-state index in [2.05, 4.69) is 22.4 Å². The van der Waals surface area contributed by atoms with E-state index in [4.69, 9.17) is 11.6 Å². The molecule has 0 radical (unpaired) electrons. The Labute approximate surface area is 141 Å². The second-order valence-electron chi connectivity index (χ2n) is 5.93. The molecule has 1 aromatic heterocycles. The second-order valence-corrected chi connectivity index (χ2v) is 6.37. The molecule has 1 aromatic carbocycles. The SMILES string of the molecule is CCn1cc(C(=O)N[C@H]2CCN(C)[C@@H]2c2ccc(Cl)cc2)cn1. The lowest BCUT2D eigenvalue weighted by Gasteiger charge is -2.26. The molecule has 0 spiro atoms. The summed E-state index contributed by atoms with van der Waals surface area (Å²) in [6.07, 6.45) is 4.33. The molecule has 0 bridgehead atoms. The number of likely N-dealkylation sites (tertiary alicyclic amines) is 1. The third-order valence-electron chi connectivity index (χ3n) is 4.40. The third-order valence-corrected chi connectivity index (χ3v) is 4.65. The quantitative estimate of drug-likeness (QED) is 0.936. The number of aromatic nitrogens is 2. The number of hydrogen-bond donors (Lipinski definition) is 1. The van der Waals surface area contributed by atoms with Gasteiger partial charge in [-0.3, -0.25) is 14.4 Å². The molecule has 1 amide bonds. The minimum absolute atomic E-state index is 0.0658. The van der Waals surface area contributed by atoms with E-state index in [0.29, 0.717) is 5.56 Å². The molecule has 2 atom stereocenters. The Morgan fingerprint density at radius 1 is 1.39 bits per heavy atom. The maximum absolute atomic E-state index is 12.5. The van der Waals surface area contributed by atoms with Crippen molar-refractivity contribution in [2.24, 2.45) is 0 Å². The second kappa shape index (κ2) is 6.72. The maximum atomic E-state index is 12.5. The van der Waals surface area contributed by atoms with Gasteiger partial charge in [-0.2, -0.15) is 5.10 Å². The topological polar surface area (TPSA) is 50.2 Å². The summed E-state index contributed by atoms with van der Waals surface area (Å²) in [5, 5.41) is 8.05. The van der Waals surface area contributed by atoms with Gasteiger partial charge in [0.2, 0.25) is 0 Å². The summed E-state index contributed by atoms with van der Waals surface area (Å²) in [5.74, 6) is -0.0658. The van der Waals surface area contributed by atoms with Gasteiger partial charge in [-0.05, 0) is 38.1 Å². The van der Waals surface area contributed by atoms with Crippen LogP contribution in [0.2, 0.25) is 5.02 Å². The molecule has 2 heterocycles. The number of carbonyl (C=O) groups is 1. The summed E-state index contributed by atoms with van der Waals surface area (Å²) >= 11 is 5.98. The molecule has 6 heteroatoms. The molecule has 122 valence electrons. The van der Waals surface area contributed by atoms with E-state index in [-0.39, 0.29) is 18.0 Å². The molecular formula is C17H21ClN4O. The van der Waals surface area contributed by atoms with Gasteiger partial charge in [0.25, 0.3) is 5.91 Å². The predicted molar refractivity (Wildman–Crippen MR) is 90.6 cm³/mol. The van der Waals surface area contributed by atoms with Crippen LogP contribution in [0.3, 0.4) is 0 Å². The number of rotatable bonds is 4. The first-order valence-corrected chi connectivity index (χ1v) is 8.25. The standard InChI is InChI=1S/C17H21ClN4O/c1-3-22-11-13(10-19-22)17(23)20-15-8-9-21(2)16(15)12-4-6-14(18)7-5-12/h4-7,10-11,15-16H,3,8-9H2,1-2H3,(H,20,23)/t15-,16+/m0/s1. The van der Waals surface area contributed by atoms with Crippen LogP contribution < -0.4 is 5.32 Å². The summed E-state index contributed by atoms with van der Waals surface area (Å²) in [6.45, 7) is 3.70. The molecule has 0 saturated carbocycles. The highest BCUT2D eigenvalue weighted by atomic mass is 35.5. The lowest BCUT2D eigenvalue weighted by molar-refractivity contribution is 0.0927. The number of halogens is 1. The molecular weight excluding hydrogens is 312 g/mol. The number of benzene rings is 1. The van der Waals surface area contributed by atoms with Crippen molar-refractivity contribution in [2.45, 2.75) is 32.0 Å². The van der Waals surface area contributed by atoms with Crippen LogP contribution >= 0.6 is 11.6 Å². The fourth-order valence-electron chi connectivity index (χ4n) is 3.15. The highest BCUT2D eigenvalue weighted by molar-refractivity contribution is 6.30. The molecule has 23 heavy (non-hydrogen) atoms. The van der Waals surface area contributed by atoms with Crippen LogP contribution in [0, 0.1) is 0 Å². The molecule has 3 rings (SSSR count). The Morgan fingerprint density at radius 3 is 2.78 bits per heavy atom. The number of aryl methyl sites for hydroxylation is 1. The number of carbonyl (C=O) groups excluding carboxylic acids is 1. The van der Waals surface area contributed by atoms with E-state index in [1.54, 1.807) is 17.1 Å². The van der Waals surface area contributed by atoms with Gasteiger partial charge >= 0.3 is 0 Å². The largest absolute Gasteiger partial charge is 0.347 e. The minimum atomic E-state index is -0.0658. The monoisotopic (exact) mass is 332 g/mol. The Kier molecular flexibility index (Phi) is 4.68. The van der Waals surface area contributed by atoms with Gasteiger partial charge < -0.3 is 5.32 Å². The average molecular weight is 333 g/mol.